The van der Waals surface area contributed by atoms with Gasteiger partial charge in [-0.15, -0.1) is 0 Å². The summed E-state index contributed by atoms with van der Waals surface area (Å²) in [6.07, 6.45) is 1.84. The van der Waals surface area contributed by atoms with Gasteiger partial charge in [-0.05, 0) is 12.8 Å². The summed E-state index contributed by atoms with van der Waals surface area (Å²) >= 11 is 0. The van der Waals surface area contributed by atoms with Crippen LogP contribution < -0.4 is 0 Å². The summed E-state index contributed by atoms with van der Waals surface area (Å²) in [6.45, 7) is 0. The molecule has 0 radical (unpaired) electrons. The van der Waals surface area contributed by atoms with Crippen molar-refractivity contribution < 1.29 is 16.8 Å². The van der Waals surface area contributed by atoms with Gasteiger partial charge in [0.1, 0.15) is 0 Å². The van der Waals surface area contributed by atoms with Gasteiger partial charge in [-0.3, -0.25) is 0 Å². The van der Waals surface area contributed by atoms with Gasteiger partial charge < -0.3 is 0 Å². The van der Waals surface area contributed by atoms with Crippen molar-refractivity contribution in [3.63, 3.8) is 0 Å². The van der Waals surface area contributed by atoms with Gasteiger partial charge >= 0.3 is 0 Å². The van der Waals surface area contributed by atoms with Crippen LogP contribution in [0.3, 0.4) is 0 Å². The molecule has 0 amide bonds. The zero-order valence-corrected chi connectivity index (χ0v) is 8.84. The van der Waals surface area contributed by atoms with Crippen LogP contribution in [0, 0.1) is 0 Å². The molecular formula is C5H9ClO4S2. The lowest BCUT2D eigenvalue weighted by Crippen LogP contribution is -2.28. The van der Waals surface area contributed by atoms with Gasteiger partial charge in [0.2, 0.25) is 9.05 Å². The van der Waals surface area contributed by atoms with Crippen LogP contribution in [0.25, 0.3) is 0 Å². The monoisotopic (exact) mass is 232 g/mol. The second-order valence-corrected chi connectivity index (χ2v) is 8.33. The van der Waals surface area contributed by atoms with Gasteiger partial charge in [0.25, 0.3) is 0 Å². The first kappa shape index (κ1) is 10.3. The van der Waals surface area contributed by atoms with E-state index in [2.05, 4.69) is 0 Å². The summed E-state index contributed by atoms with van der Waals surface area (Å²) in [5.41, 5.74) is 0. The van der Waals surface area contributed by atoms with Crippen LogP contribution in [-0.2, 0) is 18.9 Å². The molecule has 1 aliphatic rings. The van der Waals surface area contributed by atoms with E-state index in [1.165, 1.54) is 0 Å². The fourth-order valence-electron chi connectivity index (χ4n) is 1.08. The van der Waals surface area contributed by atoms with E-state index in [0.29, 0.717) is 12.8 Å². The predicted octanol–water partition coefficient (Wildman–Crippen LogP) is 0.132. The van der Waals surface area contributed by atoms with Crippen molar-refractivity contribution in [2.45, 2.75) is 17.6 Å². The highest BCUT2D eigenvalue weighted by atomic mass is 35.7. The van der Waals surface area contributed by atoms with E-state index >= 15 is 0 Å². The van der Waals surface area contributed by atoms with E-state index in [-0.39, 0.29) is 0 Å². The standard InChI is InChI=1S/C5H9ClO4S2/c1-11(7,8)5(2-3-5)4-12(6,9)10/h2-4H2,1H3. The maximum absolute atomic E-state index is 11.1. The fraction of sp³-hybridized carbons (Fsp3) is 1.00. The average molecular weight is 233 g/mol. The smallest absolute Gasteiger partial charge is 0.229 e. The maximum Gasteiger partial charge on any atom is 0.234 e. The van der Waals surface area contributed by atoms with Crippen molar-refractivity contribution in [2.75, 3.05) is 12.0 Å². The number of hydrogen-bond donors (Lipinski definition) is 0. The molecular weight excluding hydrogens is 224 g/mol. The Balaban J connectivity index is 2.92. The summed E-state index contributed by atoms with van der Waals surface area (Å²) in [5, 5.41) is 0. The second kappa shape index (κ2) is 2.59. The van der Waals surface area contributed by atoms with Crippen molar-refractivity contribution in [2.24, 2.45) is 0 Å². The van der Waals surface area contributed by atoms with Crippen molar-refractivity contribution in [1.29, 1.82) is 0 Å². The van der Waals surface area contributed by atoms with Crippen LogP contribution in [0.4, 0.5) is 0 Å². The molecule has 0 aromatic heterocycles. The first-order chi connectivity index (χ1) is 5.16. The quantitative estimate of drug-likeness (QED) is 0.649. The van der Waals surface area contributed by atoms with Gasteiger partial charge in [-0.2, -0.15) is 0 Å². The third-order valence-electron chi connectivity index (χ3n) is 2.03. The zero-order valence-electron chi connectivity index (χ0n) is 6.45. The second-order valence-electron chi connectivity index (χ2n) is 3.14. The highest BCUT2D eigenvalue weighted by molar-refractivity contribution is 8.14. The number of rotatable bonds is 3. The molecule has 1 aliphatic carbocycles. The molecule has 0 unspecified atom stereocenters. The molecule has 4 nitrogen and oxygen atoms in total. The van der Waals surface area contributed by atoms with Gasteiger partial charge in [0.15, 0.2) is 9.84 Å². The van der Waals surface area contributed by atoms with E-state index < -0.39 is 29.4 Å². The molecule has 1 saturated carbocycles. The summed E-state index contributed by atoms with van der Waals surface area (Å²) < 4.78 is 42.3. The van der Waals surface area contributed by atoms with E-state index in [4.69, 9.17) is 10.7 Å². The Hall–Kier alpha value is 0.190. The Labute approximate surface area is 76.3 Å². The average Bonchev–Trinajstić information content (AvgIpc) is 2.39. The summed E-state index contributed by atoms with van der Waals surface area (Å²) in [5.74, 6) is -0.458. The molecule has 7 heteroatoms. The number of hydrogen-bond acceptors (Lipinski definition) is 4. The Kier molecular flexibility index (Phi) is 2.22. The third kappa shape index (κ3) is 2.11. The zero-order chi connectivity index (χ0) is 9.62. The molecule has 0 spiro atoms. The van der Waals surface area contributed by atoms with Crippen LogP contribution in [-0.4, -0.2) is 33.6 Å². The highest BCUT2D eigenvalue weighted by Crippen LogP contribution is 2.44. The number of sulfone groups is 1. The third-order valence-corrected chi connectivity index (χ3v) is 5.56. The Morgan fingerprint density at radius 1 is 1.25 bits per heavy atom. The molecule has 72 valence electrons. The largest absolute Gasteiger partial charge is 0.234 e. The molecule has 0 aromatic rings. The van der Waals surface area contributed by atoms with Crippen molar-refractivity contribution in [1.82, 2.24) is 0 Å². The molecule has 0 aromatic carbocycles. The molecule has 12 heavy (non-hydrogen) atoms. The Bertz CT molecular complexity index is 376. The molecule has 0 saturated heterocycles. The minimum atomic E-state index is -3.71. The molecule has 0 atom stereocenters. The van der Waals surface area contributed by atoms with Gasteiger partial charge in [0.05, 0.1) is 10.5 Å². The Morgan fingerprint density at radius 3 is 1.75 bits per heavy atom. The molecule has 0 N–H and O–H groups in total. The lowest BCUT2D eigenvalue weighted by Gasteiger charge is -2.09. The molecule has 0 heterocycles. The van der Waals surface area contributed by atoms with Gasteiger partial charge in [0, 0.05) is 16.9 Å². The van der Waals surface area contributed by atoms with E-state index in [1.54, 1.807) is 0 Å². The maximum atomic E-state index is 11.1. The van der Waals surface area contributed by atoms with Crippen LogP contribution >= 0.6 is 10.7 Å². The number of halogens is 1. The van der Waals surface area contributed by atoms with E-state index in [0.717, 1.165) is 6.26 Å². The molecule has 1 rings (SSSR count). The van der Waals surface area contributed by atoms with Gasteiger partial charge in [-0.1, -0.05) is 0 Å². The molecule has 0 bridgehead atoms. The molecule has 0 aliphatic heterocycles. The summed E-state index contributed by atoms with van der Waals surface area (Å²) in [7, 11) is -2.03. The first-order valence-electron chi connectivity index (χ1n) is 3.28. The van der Waals surface area contributed by atoms with Crippen LogP contribution in [0.2, 0.25) is 0 Å². The normalized spacial score (nSPS) is 22.2. The SMILES string of the molecule is CS(=O)(=O)C1(CS(=O)(=O)Cl)CC1. The van der Waals surface area contributed by atoms with E-state index in [1.807, 2.05) is 0 Å². The summed E-state index contributed by atoms with van der Waals surface area (Å²) in [6, 6.07) is 0. The van der Waals surface area contributed by atoms with Crippen molar-refractivity contribution >= 4 is 29.6 Å². The van der Waals surface area contributed by atoms with Crippen molar-refractivity contribution in [3.8, 4) is 0 Å². The topological polar surface area (TPSA) is 68.3 Å². The van der Waals surface area contributed by atoms with Crippen molar-refractivity contribution in [3.05, 3.63) is 0 Å². The molecule has 1 fully saturated rings. The highest BCUT2D eigenvalue weighted by Gasteiger charge is 2.54. The van der Waals surface area contributed by atoms with Crippen LogP contribution in [0.15, 0.2) is 0 Å². The fourth-order valence-corrected chi connectivity index (χ4v) is 4.98. The lowest BCUT2D eigenvalue weighted by atomic mass is 10.5. The van der Waals surface area contributed by atoms with Gasteiger partial charge in [-0.25, -0.2) is 16.8 Å². The van der Waals surface area contributed by atoms with Crippen LogP contribution in [0.1, 0.15) is 12.8 Å². The van der Waals surface area contributed by atoms with E-state index in [9.17, 15) is 16.8 Å². The van der Waals surface area contributed by atoms with Crippen LogP contribution in [0.5, 0.6) is 0 Å². The Morgan fingerprint density at radius 2 is 1.67 bits per heavy atom. The lowest BCUT2D eigenvalue weighted by molar-refractivity contribution is 0.580. The predicted molar refractivity (Wildman–Crippen MR) is 46.4 cm³/mol. The minimum Gasteiger partial charge on any atom is -0.229 e. The first-order valence-corrected chi connectivity index (χ1v) is 7.65. The summed E-state index contributed by atoms with van der Waals surface area (Å²) in [4.78, 5) is 0. The minimum absolute atomic E-state index is 0.401.